The van der Waals surface area contributed by atoms with Crippen LogP contribution in [-0.4, -0.2) is 57.5 Å². The summed E-state index contributed by atoms with van der Waals surface area (Å²) < 4.78 is 1.72. The molecule has 3 rings (SSSR count). The van der Waals surface area contributed by atoms with Gasteiger partial charge in [0.25, 0.3) is 5.91 Å². The molecule has 2 heterocycles. The lowest BCUT2D eigenvalue weighted by atomic mass is 10.0. The van der Waals surface area contributed by atoms with Crippen LogP contribution < -0.4 is 5.32 Å². The fourth-order valence-electron chi connectivity index (χ4n) is 3.47. The molecule has 1 aromatic heterocycles. The highest BCUT2D eigenvalue weighted by atomic mass is 35.5. The fraction of sp³-hybridized carbons (Fsp3) is 0.450. The first-order valence-corrected chi connectivity index (χ1v) is 9.76. The van der Waals surface area contributed by atoms with E-state index in [1.807, 2.05) is 25.1 Å². The molecule has 2 aromatic rings. The number of hydrogen-bond acceptors (Lipinski definition) is 3. The number of likely N-dealkylation sites (N-methyl/N-ethyl adjacent to an activating group) is 1. The Labute approximate surface area is 170 Å². The van der Waals surface area contributed by atoms with E-state index in [1.54, 1.807) is 41.0 Å². The van der Waals surface area contributed by atoms with Crippen LogP contribution in [0.25, 0.3) is 0 Å². The minimum Gasteiger partial charge on any atom is -0.335 e. The monoisotopic (exact) mass is 403 g/mol. The molecule has 1 saturated heterocycles. The summed E-state index contributed by atoms with van der Waals surface area (Å²) in [7, 11) is 3.59. The first-order valence-electron chi connectivity index (χ1n) is 9.38. The Balaban J connectivity index is 1.57. The van der Waals surface area contributed by atoms with Crippen molar-refractivity contribution < 1.29 is 9.59 Å². The summed E-state index contributed by atoms with van der Waals surface area (Å²) in [5.41, 5.74) is 2.55. The minimum absolute atomic E-state index is 0.0159. The van der Waals surface area contributed by atoms with Gasteiger partial charge in [0, 0.05) is 38.8 Å². The number of urea groups is 1. The summed E-state index contributed by atoms with van der Waals surface area (Å²) in [6, 6.07) is 5.55. The zero-order valence-electron chi connectivity index (χ0n) is 16.5. The van der Waals surface area contributed by atoms with Gasteiger partial charge in [0.2, 0.25) is 0 Å². The number of piperidine rings is 1. The summed E-state index contributed by atoms with van der Waals surface area (Å²) >= 11 is 6.05. The van der Waals surface area contributed by atoms with Gasteiger partial charge in [-0.3, -0.25) is 4.79 Å². The number of nitrogens with one attached hydrogen (secondary N) is 1. The molecule has 1 aliphatic rings. The third kappa shape index (κ3) is 4.47. The topological polar surface area (TPSA) is 70.5 Å². The maximum atomic E-state index is 12.7. The number of carbonyl (C=O) groups excluding carboxylic acids is 2. The van der Waals surface area contributed by atoms with Crippen LogP contribution in [0.4, 0.5) is 4.79 Å². The van der Waals surface area contributed by atoms with Crippen molar-refractivity contribution in [1.29, 1.82) is 0 Å². The first-order chi connectivity index (χ1) is 13.4. The number of hydrogen-bond donors (Lipinski definition) is 1. The predicted molar refractivity (Wildman–Crippen MR) is 108 cm³/mol. The molecule has 1 atom stereocenters. The van der Waals surface area contributed by atoms with Crippen molar-refractivity contribution >= 4 is 23.5 Å². The quantitative estimate of drug-likeness (QED) is 0.853. The highest BCUT2D eigenvalue weighted by Gasteiger charge is 2.29. The van der Waals surface area contributed by atoms with Crippen LogP contribution >= 0.6 is 11.6 Å². The summed E-state index contributed by atoms with van der Waals surface area (Å²) in [6.07, 6.45) is 4.94. The van der Waals surface area contributed by atoms with Crippen LogP contribution in [0.15, 0.2) is 30.7 Å². The molecule has 0 radical (unpaired) electrons. The van der Waals surface area contributed by atoms with Gasteiger partial charge < -0.3 is 19.7 Å². The summed E-state index contributed by atoms with van der Waals surface area (Å²) in [5, 5.41) is 3.67. The molecule has 0 spiro atoms. The number of halogens is 1. The molecule has 1 N–H and O–H groups in total. The molecule has 0 saturated carbocycles. The van der Waals surface area contributed by atoms with E-state index in [1.165, 1.54) is 0 Å². The molecule has 8 heteroatoms. The number of rotatable bonds is 4. The molecule has 0 bridgehead atoms. The number of carbonyl (C=O) groups is 2. The Morgan fingerprint density at radius 1 is 1.39 bits per heavy atom. The molecular formula is C20H26ClN5O2. The highest BCUT2D eigenvalue weighted by Crippen LogP contribution is 2.18. The number of aromatic nitrogens is 2. The van der Waals surface area contributed by atoms with E-state index >= 15 is 0 Å². The van der Waals surface area contributed by atoms with Crippen molar-refractivity contribution in [2.45, 2.75) is 32.4 Å². The van der Waals surface area contributed by atoms with Crippen LogP contribution in [-0.2, 0) is 13.6 Å². The molecule has 7 nitrogen and oxygen atoms in total. The van der Waals surface area contributed by atoms with E-state index in [2.05, 4.69) is 10.3 Å². The van der Waals surface area contributed by atoms with Gasteiger partial charge in [-0.2, -0.15) is 0 Å². The third-order valence-corrected chi connectivity index (χ3v) is 5.68. The average Bonchev–Trinajstić information content (AvgIpc) is 3.13. The van der Waals surface area contributed by atoms with E-state index in [0.29, 0.717) is 30.4 Å². The van der Waals surface area contributed by atoms with Crippen molar-refractivity contribution in [3.8, 4) is 0 Å². The van der Waals surface area contributed by atoms with E-state index in [-0.39, 0.29) is 18.0 Å². The SMILES string of the molecule is Cc1cc(CNC(=O)N(C)[C@@H]2CCCN(C(=O)c3cncn3C)C2)ccc1Cl. The standard InChI is InChI=1S/C20H26ClN5O2/c1-14-9-15(6-7-17(14)21)10-23-20(28)25(3)16-5-4-8-26(12-16)19(27)18-11-22-13-24(18)2/h6-7,9,11,13,16H,4-5,8,10,12H2,1-3H3,(H,23,28)/t16-/m1/s1. The fourth-order valence-corrected chi connectivity index (χ4v) is 3.58. The zero-order valence-corrected chi connectivity index (χ0v) is 17.2. The molecule has 28 heavy (non-hydrogen) atoms. The smallest absolute Gasteiger partial charge is 0.317 e. The Morgan fingerprint density at radius 2 is 2.18 bits per heavy atom. The van der Waals surface area contributed by atoms with Gasteiger partial charge in [-0.15, -0.1) is 0 Å². The van der Waals surface area contributed by atoms with E-state index in [4.69, 9.17) is 11.6 Å². The lowest BCUT2D eigenvalue weighted by Crippen LogP contribution is -2.52. The van der Waals surface area contributed by atoms with E-state index in [0.717, 1.165) is 24.0 Å². The molecule has 1 aliphatic heterocycles. The van der Waals surface area contributed by atoms with Crippen molar-refractivity contribution in [1.82, 2.24) is 24.7 Å². The molecule has 0 aliphatic carbocycles. The molecule has 1 aromatic carbocycles. The number of amides is 3. The summed E-state index contributed by atoms with van der Waals surface area (Å²) in [5.74, 6) is -0.0462. The molecule has 1 fully saturated rings. The normalized spacial score (nSPS) is 16.7. The zero-order chi connectivity index (χ0) is 20.3. The van der Waals surface area contributed by atoms with Crippen molar-refractivity contribution in [3.05, 3.63) is 52.6 Å². The highest BCUT2D eigenvalue weighted by molar-refractivity contribution is 6.31. The van der Waals surface area contributed by atoms with Crippen LogP contribution in [0.5, 0.6) is 0 Å². The largest absolute Gasteiger partial charge is 0.335 e. The van der Waals surface area contributed by atoms with Crippen LogP contribution in [0.3, 0.4) is 0 Å². The third-order valence-electron chi connectivity index (χ3n) is 5.25. The maximum absolute atomic E-state index is 12.7. The van der Waals surface area contributed by atoms with E-state index in [9.17, 15) is 9.59 Å². The summed E-state index contributed by atoms with van der Waals surface area (Å²) in [6.45, 7) is 3.59. The minimum atomic E-state index is -0.146. The van der Waals surface area contributed by atoms with Gasteiger partial charge >= 0.3 is 6.03 Å². The van der Waals surface area contributed by atoms with Crippen molar-refractivity contribution in [2.75, 3.05) is 20.1 Å². The molecule has 3 amide bonds. The van der Waals surface area contributed by atoms with Crippen LogP contribution in [0, 0.1) is 6.92 Å². The first kappa shape index (κ1) is 20.2. The van der Waals surface area contributed by atoms with Gasteiger partial charge in [0.15, 0.2) is 0 Å². The Bertz CT molecular complexity index is 866. The second kappa shape index (κ2) is 8.65. The lowest BCUT2D eigenvalue weighted by molar-refractivity contribution is 0.0627. The van der Waals surface area contributed by atoms with Crippen molar-refractivity contribution in [3.63, 3.8) is 0 Å². The molecular weight excluding hydrogens is 378 g/mol. The average molecular weight is 404 g/mol. The van der Waals surface area contributed by atoms with Crippen LogP contribution in [0.1, 0.15) is 34.5 Å². The van der Waals surface area contributed by atoms with Gasteiger partial charge in [-0.1, -0.05) is 23.7 Å². The van der Waals surface area contributed by atoms with E-state index < -0.39 is 0 Å². The second-order valence-corrected chi connectivity index (χ2v) is 7.70. The Morgan fingerprint density at radius 3 is 2.86 bits per heavy atom. The predicted octanol–water partition coefficient (Wildman–Crippen LogP) is 2.83. The molecule has 0 unspecified atom stereocenters. The van der Waals surface area contributed by atoms with Gasteiger partial charge in [0.1, 0.15) is 5.69 Å². The number of benzene rings is 1. The Kier molecular flexibility index (Phi) is 6.24. The number of aryl methyl sites for hydroxylation is 2. The van der Waals surface area contributed by atoms with Crippen molar-refractivity contribution in [2.24, 2.45) is 7.05 Å². The summed E-state index contributed by atoms with van der Waals surface area (Å²) in [4.78, 5) is 32.8. The van der Waals surface area contributed by atoms with Crippen LogP contribution in [0.2, 0.25) is 5.02 Å². The second-order valence-electron chi connectivity index (χ2n) is 7.29. The van der Waals surface area contributed by atoms with Gasteiger partial charge in [-0.05, 0) is 37.0 Å². The lowest BCUT2D eigenvalue weighted by Gasteiger charge is -2.37. The Hall–Kier alpha value is -2.54. The van der Waals surface area contributed by atoms with Gasteiger partial charge in [-0.25, -0.2) is 9.78 Å². The number of likely N-dealkylation sites (tertiary alicyclic amines) is 1. The molecule has 150 valence electrons. The number of nitrogens with zero attached hydrogens (tertiary/aromatic N) is 4. The maximum Gasteiger partial charge on any atom is 0.317 e. The number of imidazole rings is 1. The van der Waals surface area contributed by atoms with Gasteiger partial charge in [0.05, 0.1) is 18.6 Å².